The van der Waals surface area contributed by atoms with Crippen molar-refractivity contribution in [1.29, 1.82) is 0 Å². The Bertz CT molecular complexity index is 867. The van der Waals surface area contributed by atoms with E-state index in [-0.39, 0.29) is 12.5 Å². The van der Waals surface area contributed by atoms with E-state index < -0.39 is 10.1 Å². The Morgan fingerprint density at radius 2 is 1.63 bits per heavy atom. The Balaban J connectivity index is 2.00. The van der Waals surface area contributed by atoms with Gasteiger partial charge in [-0.2, -0.15) is 8.42 Å². The van der Waals surface area contributed by atoms with Crippen molar-refractivity contribution in [3.8, 4) is 5.75 Å². The molecule has 0 heterocycles. The Kier molecular flexibility index (Phi) is 8.53. The Hall–Kier alpha value is -0.690. The van der Waals surface area contributed by atoms with E-state index in [2.05, 4.69) is 0 Å². The fourth-order valence-electron chi connectivity index (χ4n) is 2.50. The first-order valence-corrected chi connectivity index (χ1v) is 11.3. The molecule has 0 N–H and O–H groups in total. The van der Waals surface area contributed by atoms with E-state index in [1.165, 1.54) is 0 Å². The SMILES string of the molecule is CS(=O)(=O)OCC(CCCOc1cc(Cl)cc(Cl)c1)c1ccc(Cl)cc1Cl. The molecule has 9 heteroatoms. The standard InChI is InChI=1S/C18H18Cl4O4S/c1-27(23,24)26-11-12(17-5-4-13(19)10-18(17)22)3-2-6-25-16-8-14(20)7-15(21)9-16/h4-5,7-10,12H,2-3,6,11H2,1H3. The van der Waals surface area contributed by atoms with Crippen LogP contribution in [0.1, 0.15) is 24.3 Å². The third-order valence-electron chi connectivity index (χ3n) is 3.69. The first-order chi connectivity index (χ1) is 12.6. The molecule has 148 valence electrons. The summed E-state index contributed by atoms with van der Waals surface area (Å²) in [5.74, 6) is 0.344. The van der Waals surface area contributed by atoms with Crippen LogP contribution in [0.25, 0.3) is 0 Å². The summed E-state index contributed by atoms with van der Waals surface area (Å²) in [6.07, 6.45) is 2.26. The molecule has 27 heavy (non-hydrogen) atoms. The number of rotatable bonds is 9. The van der Waals surface area contributed by atoms with Crippen LogP contribution in [0.5, 0.6) is 5.75 Å². The molecule has 0 aromatic heterocycles. The smallest absolute Gasteiger partial charge is 0.264 e. The molecule has 0 aliphatic carbocycles. The number of halogens is 4. The fourth-order valence-corrected chi connectivity index (χ4v) is 3.98. The molecular weight excluding hydrogens is 454 g/mol. The van der Waals surface area contributed by atoms with Crippen molar-refractivity contribution < 1.29 is 17.3 Å². The predicted molar refractivity (Wildman–Crippen MR) is 111 cm³/mol. The summed E-state index contributed by atoms with van der Waals surface area (Å²) >= 11 is 24.1. The average molecular weight is 472 g/mol. The second-order valence-corrected chi connectivity index (χ2v) is 9.31. The van der Waals surface area contributed by atoms with Crippen LogP contribution in [0, 0.1) is 0 Å². The van der Waals surface area contributed by atoms with E-state index in [9.17, 15) is 8.42 Å². The van der Waals surface area contributed by atoms with Gasteiger partial charge in [0.2, 0.25) is 0 Å². The van der Waals surface area contributed by atoms with Crippen molar-refractivity contribution >= 4 is 56.5 Å². The summed E-state index contributed by atoms with van der Waals surface area (Å²) in [4.78, 5) is 0. The number of hydrogen-bond acceptors (Lipinski definition) is 4. The third-order valence-corrected chi connectivity index (χ3v) is 5.25. The Labute approximate surface area is 179 Å². The van der Waals surface area contributed by atoms with Crippen molar-refractivity contribution in [2.75, 3.05) is 19.5 Å². The van der Waals surface area contributed by atoms with E-state index in [0.29, 0.717) is 45.3 Å². The summed E-state index contributed by atoms with van der Waals surface area (Å²) in [7, 11) is -3.56. The van der Waals surface area contributed by atoms with Crippen LogP contribution in [0.3, 0.4) is 0 Å². The summed E-state index contributed by atoms with van der Waals surface area (Å²) in [5.41, 5.74) is 0.774. The van der Waals surface area contributed by atoms with Gasteiger partial charge in [0.15, 0.2) is 0 Å². The first-order valence-electron chi connectivity index (χ1n) is 8.02. The molecule has 0 fully saturated rings. The van der Waals surface area contributed by atoms with Gasteiger partial charge in [-0.25, -0.2) is 0 Å². The normalized spacial score (nSPS) is 12.8. The zero-order valence-corrected chi connectivity index (χ0v) is 18.3. The van der Waals surface area contributed by atoms with E-state index >= 15 is 0 Å². The monoisotopic (exact) mass is 470 g/mol. The zero-order chi connectivity index (χ0) is 20.0. The van der Waals surface area contributed by atoms with Crippen molar-refractivity contribution in [2.24, 2.45) is 0 Å². The highest BCUT2D eigenvalue weighted by molar-refractivity contribution is 7.85. The summed E-state index contributed by atoms with van der Waals surface area (Å²) in [5, 5.41) is 1.95. The van der Waals surface area contributed by atoms with Crippen LogP contribution < -0.4 is 4.74 Å². The quantitative estimate of drug-likeness (QED) is 0.321. The Morgan fingerprint density at radius 3 is 2.22 bits per heavy atom. The molecule has 0 amide bonds. The number of benzene rings is 2. The van der Waals surface area contributed by atoms with Gasteiger partial charge in [0.05, 0.1) is 19.5 Å². The van der Waals surface area contributed by atoms with E-state index in [0.717, 1.165) is 11.8 Å². The lowest BCUT2D eigenvalue weighted by atomic mass is 9.95. The highest BCUT2D eigenvalue weighted by Crippen LogP contribution is 2.31. The van der Waals surface area contributed by atoms with Gasteiger partial charge >= 0.3 is 0 Å². The lowest BCUT2D eigenvalue weighted by Crippen LogP contribution is -2.14. The van der Waals surface area contributed by atoms with Gasteiger partial charge in [-0.15, -0.1) is 0 Å². The minimum absolute atomic E-state index is 0.0107. The summed E-state index contributed by atoms with van der Waals surface area (Å²) in [6, 6.07) is 10.1. The number of ether oxygens (including phenoxy) is 1. The minimum atomic E-state index is -3.56. The summed E-state index contributed by atoms with van der Waals surface area (Å²) < 4.78 is 33.4. The van der Waals surface area contributed by atoms with Crippen molar-refractivity contribution in [3.05, 3.63) is 62.1 Å². The number of hydrogen-bond donors (Lipinski definition) is 0. The first kappa shape index (κ1) is 22.6. The molecule has 0 radical (unpaired) electrons. The Morgan fingerprint density at radius 1 is 0.963 bits per heavy atom. The average Bonchev–Trinajstić information content (AvgIpc) is 2.53. The largest absolute Gasteiger partial charge is 0.493 e. The van der Waals surface area contributed by atoms with Gasteiger partial charge in [0.25, 0.3) is 10.1 Å². The van der Waals surface area contributed by atoms with Gasteiger partial charge in [0.1, 0.15) is 5.75 Å². The molecule has 0 aliphatic rings. The molecule has 0 saturated heterocycles. The van der Waals surface area contributed by atoms with Crippen LogP contribution in [0.2, 0.25) is 20.1 Å². The second kappa shape index (κ2) is 10.2. The third kappa shape index (κ3) is 8.06. The van der Waals surface area contributed by atoms with Crippen molar-refractivity contribution in [1.82, 2.24) is 0 Å². The second-order valence-electron chi connectivity index (χ2n) is 5.95. The molecule has 2 aromatic carbocycles. The molecule has 0 spiro atoms. The van der Waals surface area contributed by atoms with Gasteiger partial charge in [-0.1, -0.05) is 52.5 Å². The van der Waals surface area contributed by atoms with E-state index in [1.54, 1.807) is 36.4 Å². The molecule has 2 rings (SSSR count). The zero-order valence-electron chi connectivity index (χ0n) is 14.4. The van der Waals surface area contributed by atoms with Gasteiger partial charge in [-0.05, 0) is 48.7 Å². The van der Waals surface area contributed by atoms with Gasteiger partial charge in [-0.3, -0.25) is 4.18 Å². The summed E-state index contributed by atoms with van der Waals surface area (Å²) in [6.45, 7) is 0.389. The maximum absolute atomic E-state index is 11.4. The lowest BCUT2D eigenvalue weighted by Gasteiger charge is -2.18. The minimum Gasteiger partial charge on any atom is -0.493 e. The maximum Gasteiger partial charge on any atom is 0.264 e. The lowest BCUT2D eigenvalue weighted by molar-refractivity contribution is 0.264. The fraction of sp³-hybridized carbons (Fsp3) is 0.333. The topological polar surface area (TPSA) is 52.6 Å². The van der Waals surface area contributed by atoms with Crippen molar-refractivity contribution in [2.45, 2.75) is 18.8 Å². The maximum atomic E-state index is 11.4. The van der Waals surface area contributed by atoms with Crippen LogP contribution in [0.4, 0.5) is 0 Å². The van der Waals surface area contributed by atoms with Gasteiger partial charge < -0.3 is 4.74 Å². The molecule has 0 saturated carbocycles. The predicted octanol–water partition coefficient (Wildman–Crippen LogP) is 6.22. The molecule has 4 nitrogen and oxygen atoms in total. The van der Waals surface area contributed by atoms with Gasteiger partial charge in [0, 0.05) is 26.0 Å². The molecule has 1 atom stereocenters. The van der Waals surface area contributed by atoms with E-state index in [1.807, 2.05) is 0 Å². The highest BCUT2D eigenvalue weighted by atomic mass is 35.5. The van der Waals surface area contributed by atoms with Crippen LogP contribution >= 0.6 is 46.4 Å². The molecular formula is C18H18Cl4O4S. The van der Waals surface area contributed by atoms with Crippen LogP contribution in [-0.2, 0) is 14.3 Å². The van der Waals surface area contributed by atoms with Crippen LogP contribution in [0.15, 0.2) is 36.4 Å². The van der Waals surface area contributed by atoms with Crippen LogP contribution in [-0.4, -0.2) is 27.9 Å². The van der Waals surface area contributed by atoms with E-state index in [4.69, 9.17) is 55.3 Å². The van der Waals surface area contributed by atoms with Crippen molar-refractivity contribution in [3.63, 3.8) is 0 Å². The molecule has 0 aliphatic heterocycles. The molecule has 1 unspecified atom stereocenters. The molecule has 0 bridgehead atoms. The molecule has 2 aromatic rings. The highest BCUT2D eigenvalue weighted by Gasteiger charge is 2.18.